The Morgan fingerprint density at radius 3 is 2.88 bits per heavy atom. The van der Waals surface area contributed by atoms with Crippen molar-refractivity contribution in [1.29, 1.82) is 0 Å². The topological polar surface area (TPSA) is 84.6 Å². The maximum Gasteiger partial charge on any atom is 0.239 e. The number of aliphatic hydroxyl groups is 1. The van der Waals surface area contributed by atoms with Crippen molar-refractivity contribution in [2.75, 3.05) is 20.3 Å². The van der Waals surface area contributed by atoms with E-state index in [1.807, 2.05) is 0 Å². The summed E-state index contributed by atoms with van der Waals surface area (Å²) in [5.74, 6) is -0.0142. The summed E-state index contributed by atoms with van der Waals surface area (Å²) in [5, 5.41) is 12.1. The van der Waals surface area contributed by atoms with Gasteiger partial charge in [-0.25, -0.2) is 0 Å². The van der Waals surface area contributed by atoms with Crippen LogP contribution in [0.2, 0.25) is 0 Å². The van der Waals surface area contributed by atoms with Crippen LogP contribution in [-0.4, -0.2) is 43.4 Å². The number of methoxy groups -OCH3 is 1. The Balaban J connectivity index is 2.41. The summed E-state index contributed by atoms with van der Waals surface area (Å²) in [6, 6.07) is -0.555. The summed E-state index contributed by atoms with van der Waals surface area (Å²) in [6.07, 6.45) is 4.13. The molecule has 1 saturated carbocycles. The lowest BCUT2D eigenvalue weighted by molar-refractivity contribution is -0.124. The number of amides is 1. The highest BCUT2D eigenvalue weighted by Crippen LogP contribution is 2.23. The lowest BCUT2D eigenvalue weighted by Gasteiger charge is -2.31. The molecule has 94 valence electrons. The van der Waals surface area contributed by atoms with Crippen LogP contribution in [0.4, 0.5) is 0 Å². The normalized spacial score (nSPS) is 27.4. The van der Waals surface area contributed by atoms with Gasteiger partial charge in [-0.05, 0) is 12.8 Å². The van der Waals surface area contributed by atoms with Gasteiger partial charge in [-0.15, -0.1) is 0 Å². The van der Waals surface area contributed by atoms with Gasteiger partial charge in [-0.2, -0.15) is 0 Å². The van der Waals surface area contributed by atoms with E-state index >= 15 is 0 Å². The summed E-state index contributed by atoms with van der Waals surface area (Å²) in [7, 11) is 1.52. The molecule has 3 unspecified atom stereocenters. The van der Waals surface area contributed by atoms with E-state index in [9.17, 15) is 9.90 Å². The van der Waals surface area contributed by atoms with E-state index < -0.39 is 6.04 Å². The fourth-order valence-electron chi connectivity index (χ4n) is 2.16. The maximum atomic E-state index is 11.7. The van der Waals surface area contributed by atoms with Crippen molar-refractivity contribution >= 4 is 5.91 Å². The minimum Gasteiger partial charge on any atom is -0.396 e. The molecule has 0 heterocycles. The first-order valence-electron chi connectivity index (χ1n) is 5.84. The van der Waals surface area contributed by atoms with Crippen molar-refractivity contribution in [2.24, 2.45) is 11.7 Å². The monoisotopic (exact) mass is 230 g/mol. The third kappa shape index (κ3) is 3.73. The molecular weight excluding hydrogens is 208 g/mol. The number of hydrogen-bond donors (Lipinski definition) is 3. The number of carbonyl (C=O) groups is 1. The van der Waals surface area contributed by atoms with Gasteiger partial charge < -0.3 is 20.9 Å². The van der Waals surface area contributed by atoms with Gasteiger partial charge in [0.2, 0.25) is 5.91 Å². The molecule has 0 saturated heterocycles. The number of carbonyl (C=O) groups excluding carboxylic acids is 1. The number of nitrogens with two attached hydrogens (primary N) is 1. The molecule has 0 bridgehead atoms. The van der Waals surface area contributed by atoms with Gasteiger partial charge in [0.15, 0.2) is 0 Å². The third-order valence-electron chi connectivity index (χ3n) is 3.15. The van der Waals surface area contributed by atoms with E-state index in [1.165, 1.54) is 7.11 Å². The molecule has 3 atom stereocenters. The second-order valence-electron chi connectivity index (χ2n) is 4.40. The first kappa shape index (κ1) is 13.4. The molecule has 1 fully saturated rings. The second-order valence-corrected chi connectivity index (χ2v) is 4.40. The Kier molecular flexibility index (Phi) is 5.73. The molecule has 16 heavy (non-hydrogen) atoms. The zero-order valence-electron chi connectivity index (χ0n) is 9.82. The van der Waals surface area contributed by atoms with Gasteiger partial charge in [0.05, 0.1) is 6.61 Å². The quantitative estimate of drug-likeness (QED) is 0.601. The van der Waals surface area contributed by atoms with Crippen LogP contribution in [0.1, 0.15) is 25.7 Å². The standard InChI is InChI=1S/C11H22N2O3/c1-16-7-9(12)11(15)13-10-5-3-2-4-8(10)6-14/h8-10,14H,2-7,12H2,1H3,(H,13,15). The number of rotatable bonds is 5. The van der Waals surface area contributed by atoms with E-state index in [-0.39, 0.29) is 31.1 Å². The highest BCUT2D eigenvalue weighted by atomic mass is 16.5. The molecule has 1 amide bonds. The summed E-state index contributed by atoms with van der Waals surface area (Å²) >= 11 is 0. The van der Waals surface area contributed by atoms with Crippen LogP contribution in [0.3, 0.4) is 0 Å². The lowest BCUT2D eigenvalue weighted by Crippen LogP contribution is -2.51. The van der Waals surface area contributed by atoms with Crippen LogP contribution in [0.5, 0.6) is 0 Å². The van der Waals surface area contributed by atoms with Crippen LogP contribution in [0, 0.1) is 5.92 Å². The Bertz CT molecular complexity index is 223. The van der Waals surface area contributed by atoms with Crippen molar-refractivity contribution < 1.29 is 14.6 Å². The van der Waals surface area contributed by atoms with Crippen LogP contribution in [0.15, 0.2) is 0 Å². The number of nitrogens with one attached hydrogen (secondary N) is 1. The number of aliphatic hydroxyl groups excluding tert-OH is 1. The minimum absolute atomic E-state index is 0.0640. The van der Waals surface area contributed by atoms with E-state index in [0.29, 0.717) is 0 Å². The molecule has 5 nitrogen and oxygen atoms in total. The van der Waals surface area contributed by atoms with Gasteiger partial charge in [-0.3, -0.25) is 4.79 Å². The summed E-state index contributed by atoms with van der Waals surface area (Å²) in [5.41, 5.74) is 5.63. The smallest absolute Gasteiger partial charge is 0.239 e. The summed E-state index contributed by atoms with van der Waals surface area (Å²) < 4.78 is 4.83. The van der Waals surface area contributed by atoms with Crippen LogP contribution >= 0.6 is 0 Å². The van der Waals surface area contributed by atoms with Crippen molar-refractivity contribution in [1.82, 2.24) is 5.32 Å². The van der Waals surface area contributed by atoms with Crippen LogP contribution in [-0.2, 0) is 9.53 Å². The third-order valence-corrected chi connectivity index (χ3v) is 3.15. The average Bonchev–Trinajstić information content (AvgIpc) is 2.30. The summed E-state index contributed by atoms with van der Waals surface area (Å²) in [6.45, 7) is 0.354. The molecule has 0 spiro atoms. The van der Waals surface area contributed by atoms with Gasteiger partial charge >= 0.3 is 0 Å². The highest BCUT2D eigenvalue weighted by Gasteiger charge is 2.27. The maximum absolute atomic E-state index is 11.7. The van der Waals surface area contributed by atoms with Crippen LogP contribution in [0.25, 0.3) is 0 Å². The Hall–Kier alpha value is -0.650. The molecular formula is C11H22N2O3. The number of ether oxygens (including phenoxy) is 1. The molecule has 0 aromatic carbocycles. The Morgan fingerprint density at radius 1 is 1.56 bits per heavy atom. The van der Waals surface area contributed by atoms with E-state index in [0.717, 1.165) is 25.7 Å². The fraction of sp³-hybridized carbons (Fsp3) is 0.909. The molecule has 0 radical (unpaired) electrons. The van der Waals surface area contributed by atoms with Gasteiger partial charge in [0, 0.05) is 25.7 Å². The zero-order valence-corrected chi connectivity index (χ0v) is 9.82. The minimum atomic E-state index is -0.619. The average molecular weight is 230 g/mol. The molecule has 5 heteroatoms. The highest BCUT2D eigenvalue weighted by molar-refractivity contribution is 5.81. The molecule has 0 aromatic heterocycles. The van der Waals surface area contributed by atoms with Crippen molar-refractivity contribution in [3.05, 3.63) is 0 Å². The van der Waals surface area contributed by atoms with Crippen LogP contribution < -0.4 is 11.1 Å². The van der Waals surface area contributed by atoms with E-state index in [1.54, 1.807) is 0 Å². The molecule has 1 aliphatic carbocycles. The second kappa shape index (κ2) is 6.83. The van der Waals surface area contributed by atoms with Crippen molar-refractivity contribution in [3.63, 3.8) is 0 Å². The predicted octanol–water partition coefficient (Wildman–Crippen LogP) is -0.373. The number of hydrogen-bond acceptors (Lipinski definition) is 4. The molecule has 4 N–H and O–H groups in total. The molecule has 1 aliphatic rings. The molecule has 1 rings (SSSR count). The van der Waals surface area contributed by atoms with E-state index in [2.05, 4.69) is 5.32 Å². The Labute approximate surface area is 96.3 Å². The first-order chi connectivity index (χ1) is 7.69. The first-order valence-corrected chi connectivity index (χ1v) is 5.84. The van der Waals surface area contributed by atoms with Crippen molar-refractivity contribution in [2.45, 2.75) is 37.8 Å². The van der Waals surface area contributed by atoms with Gasteiger partial charge in [0.1, 0.15) is 6.04 Å². The lowest BCUT2D eigenvalue weighted by atomic mass is 9.85. The van der Waals surface area contributed by atoms with Gasteiger partial charge in [0.25, 0.3) is 0 Å². The van der Waals surface area contributed by atoms with Gasteiger partial charge in [-0.1, -0.05) is 12.8 Å². The van der Waals surface area contributed by atoms with Crippen molar-refractivity contribution in [3.8, 4) is 0 Å². The Morgan fingerprint density at radius 2 is 2.25 bits per heavy atom. The predicted molar refractivity (Wildman–Crippen MR) is 60.8 cm³/mol. The molecule has 0 aromatic rings. The SMILES string of the molecule is COCC(N)C(=O)NC1CCCCC1CO. The fourth-order valence-corrected chi connectivity index (χ4v) is 2.16. The largest absolute Gasteiger partial charge is 0.396 e. The zero-order chi connectivity index (χ0) is 12.0. The summed E-state index contributed by atoms with van der Waals surface area (Å²) in [4.78, 5) is 11.7. The van der Waals surface area contributed by atoms with E-state index in [4.69, 9.17) is 10.5 Å². The molecule has 0 aliphatic heterocycles.